The Morgan fingerprint density at radius 3 is 2.24 bits per heavy atom. The molecule has 0 aromatic rings. The van der Waals surface area contributed by atoms with Gasteiger partial charge in [0.1, 0.15) is 0 Å². The maximum atomic E-state index is 11.9. The van der Waals surface area contributed by atoms with E-state index in [0.717, 1.165) is 6.42 Å². The number of amides is 2. The lowest BCUT2D eigenvalue weighted by Crippen LogP contribution is -2.41. The minimum absolute atomic E-state index is 0.0133. The molecule has 2 amide bonds. The Balaban J connectivity index is 4.30. The Labute approximate surface area is 104 Å². The Hall–Kier alpha value is -1.10. The summed E-state index contributed by atoms with van der Waals surface area (Å²) in [6.45, 7) is 4.66. The molecule has 0 aromatic carbocycles. The maximum absolute atomic E-state index is 11.9. The van der Waals surface area contributed by atoms with Gasteiger partial charge in [-0.3, -0.25) is 9.59 Å². The molecule has 0 fully saturated rings. The molecule has 0 bridgehead atoms. The molecule has 1 unspecified atom stereocenters. The minimum atomic E-state index is -0.0485. The van der Waals surface area contributed by atoms with Crippen LogP contribution < -0.4 is 5.73 Å². The summed E-state index contributed by atoms with van der Waals surface area (Å²) < 4.78 is 0. The van der Waals surface area contributed by atoms with E-state index < -0.39 is 0 Å². The van der Waals surface area contributed by atoms with Gasteiger partial charge < -0.3 is 15.5 Å². The molecule has 0 spiro atoms. The first-order valence-corrected chi connectivity index (χ1v) is 6.12. The summed E-state index contributed by atoms with van der Waals surface area (Å²) in [5, 5.41) is 0. The molecule has 0 aliphatic rings. The zero-order valence-electron chi connectivity index (χ0n) is 11.4. The second-order valence-electron chi connectivity index (χ2n) is 4.62. The Morgan fingerprint density at radius 2 is 1.82 bits per heavy atom. The van der Waals surface area contributed by atoms with Gasteiger partial charge in [0.2, 0.25) is 11.8 Å². The highest BCUT2D eigenvalue weighted by Crippen LogP contribution is 2.02. The van der Waals surface area contributed by atoms with Crippen molar-refractivity contribution in [2.75, 3.05) is 27.2 Å². The van der Waals surface area contributed by atoms with E-state index in [1.54, 1.807) is 19.0 Å². The van der Waals surface area contributed by atoms with Crippen molar-refractivity contribution in [3.63, 3.8) is 0 Å². The SMILES string of the molecule is CCCN(CC(=O)N(C)C)C(=O)CCC(C)N. The number of carbonyl (C=O) groups excluding carboxylic acids is 2. The van der Waals surface area contributed by atoms with Crippen LogP contribution >= 0.6 is 0 Å². The van der Waals surface area contributed by atoms with E-state index in [2.05, 4.69) is 0 Å². The molecule has 1 atom stereocenters. The van der Waals surface area contributed by atoms with Gasteiger partial charge in [-0.1, -0.05) is 6.92 Å². The van der Waals surface area contributed by atoms with Gasteiger partial charge in [0.15, 0.2) is 0 Å². The average Bonchev–Trinajstić information content (AvgIpc) is 2.24. The van der Waals surface area contributed by atoms with Gasteiger partial charge in [0, 0.05) is 33.1 Å². The molecule has 0 aliphatic carbocycles. The van der Waals surface area contributed by atoms with Crippen molar-refractivity contribution in [3.8, 4) is 0 Å². The molecule has 0 saturated carbocycles. The van der Waals surface area contributed by atoms with Crippen molar-refractivity contribution < 1.29 is 9.59 Å². The zero-order valence-corrected chi connectivity index (χ0v) is 11.4. The van der Waals surface area contributed by atoms with E-state index in [4.69, 9.17) is 5.73 Å². The van der Waals surface area contributed by atoms with Crippen LogP contribution in [0.25, 0.3) is 0 Å². The molecule has 0 radical (unpaired) electrons. The van der Waals surface area contributed by atoms with Crippen LogP contribution in [0.15, 0.2) is 0 Å². The smallest absolute Gasteiger partial charge is 0.241 e. The molecule has 0 rings (SSSR count). The van der Waals surface area contributed by atoms with E-state index in [9.17, 15) is 9.59 Å². The highest BCUT2D eigenvalue weighted by Gasteiger charge is 2.17. The van der Waals surface area contributed by atoms with E-state index in [-0.39, 0.29) is 24.4 Å². The van der Waals surface area contributed by atoms with Crippen LogP contribution in [0.5, 0.6) is 0 Å². The third-order valence-corrected chi connectivity index (χ3v) is 2.48. The molecule has 0 aliphatic heterocycles. The third-order valence-electron chi connectivity index (χ3n) is 2.48. The lowest BCUT2D eigenvalue weighted by molar-refractivity contribution is -0.139. The first-order valence-electron chi connectivity index (χ1n) is 6.12. The number of hydrogen-bond acceptors (Lipinski definition) is 3. The zero-order chi connectivity index (χ0) is 13.4. The largest absolute Gasteiger partial charge is 0.347 e. The number of carbonyl (C=O) groups is 2. The van der Waals surface area contributed by atoms with Gasteiger partial charge in [0.25, 0.3) is 0 Å². The van der Waals surface area contributed by atoms with Gasteiger partial charge in [-0.25, -0.2) is 0 Å². The number of nitrogens with zero attached hydrogens (tertiary/aromatic N) is 2. The molecule has 17 heavy (non-hydrogen) atoms. The highest BCUT2D eigenvalue weighted by atomic mass is 16.2. The topological polar surface area (TPSA) is 66.6 Å². The number of nitrogens with two attached hydrogens (primary N) is 1. The molecule has 100 valence electrons. The lowest BCUT2D eigenvalue weighted by atomic mass is 10.2. The Morgan fingerprint density at radius 1 is 1.24 bits per heavy atom. The first-order chi connectivity index (χ1) is 7.88. The molecule has 5 heteroatoms. The van der Waals surface area contributed by atoms with Crippen LogP contribution in [-0.2, 0) is 9.59 Å². The lowest BCUT2D eigenvalue weighted by Gasteiger charge is -2.23. The normalized spacial score (nSPS) is 12.1. The van der Waals surface area contributed by atoms with Gasteiger partial charge in [0.05, 0.1) is 6.54 Å². The van der Waals surface area contributed by atoms with Crippen LogP contribution in [0.3, 0.4) is 0 Å². The van der Waals surface area contributed by atoms with E-state index in [0.29, 0.717) is 19.4 Å². The fourth-order valence-corrected chi connectivity index (χ4v) is 1.38. The van der Waals surface area contributed by atoms with Crippen molar-refractivity contribution in [3.05, 3.63) is 0 Å². The third kappa shape index (κ3) is 6.94. The fraction of sp³-hybridized carbons (Fsp3) is 0.833. The van der Waals surface area contributed by atoms with Crippen LogP contribution in [-0.4, -0.2) is 54.8 Å². The molecule has 0 aromatic heterocycles. The van der Waals surface area contributed by atoms with Crippen LogP contribution in [0.4, 0.5) is 0 Å². The van der Waals surface area contributed by atoms with Crippen molar-refractivity contribution >= 4 is 11.8 Å². The number of rotatable bonds is 7. The molecular weight excluding hydrogens is 218 g/mol. The van der Waals surface area contributed by atoms with Gasteiger partial charge in [-0.05, 0) is 19.8 Å². The van der Waals surface area contributed by atoms with E-state index >= 15 is 0 Å². The standard InChI is InChI=1S/C12H25N3O2/c1-5-8-15(9-12(17)14(3)4)11(16)7-6-10(2)13/h10H,5-9,13H2,1-4H3. The molecule has 5 nitrogen and oxygen atoms in total. The van der Waals surface area contributed by atoms with Crippen LogP contribution in [0.2, 0.25) is 0 Å². The van der Waals surface area contributed by atoms with Crippen molar-refractivity contribution in [2.45, 2.75) is 39.2 Å². The Kier molecular flexibility index (Phi) is 7.54. The number of likely N-dealkylation sites (N-methyl/N-ethyl adjacent to an activating group) is 1. The Bertz CT molecular complexity index is 252. The molecule has 0 heterocycles. The summed E-state index contributed by atoms with van der Waals surface area (Å²) >= 11 is 0. The van der Waals surface area contributed by atoms with Crippen molar-refractivity contribution in [1.29, 1.82) is 0 Å². The quantitative estimate of drug-likeness (QED) is 0.705. The maximum Gasteiger partial charge on any atom is 0.241 e. The summed E-state index contributed by atoms with van der Waals surface area (Å²) in [6.07, 6.45) is 1.93. The highest BCUT2D eigenvalue weighted by molar-refractivity contribution is 5.84. The second-order valence-corrected chi connectivity index (χ2v) is 4.62. The molecule has 0 saturated heterocycles. The summed E-state index contributed by atoms with van der Waals surface area (Å²) in [5.41, 5.74) is 5.62. The van der Waals surface area contributed by atoms with E-state index in [1.165, 1.54) is 4.90 Å². The van der Waals surface area contributed by atoms with Crippen molar-refractivity contribution in [2.24, 2.45) is 5.73 Å². The summed E-state index contributed by atoms with van der Waals surface area (Å²) in [5.74, 6) is -0.0352. The van der Waals surface area contributed by atoms with Gasteiger partial charge >= 0.3 is 0 Å². The van der Waals surface area contributed by atoms with Crippen LogP contribution in [0, 0.1) is 0 Å². The first kappa shape index (κ1) is 15.9. The summed E-state index contributed by atoms with van der Waals surface area (Å²) in [7, 11) is 3.39. The van der Waals surface area contributed by atoms with Crippen LogP contribution in [0.1, 0.15) is 33.1 Å². The summed E-state index contributed by atoms with van der Waals surface area (Å²) in [4.78, 5) is 26.6. The minimum Gasteiger partial charge on any atom is -0.347 e. The van der Waals surface area contributed by atoms with Crippen molar-refractivity contribution in [1.82, 2.24) is 9.80 Å². The number of hydrogen-bond donors (Lipinski definition) is 1. The van der Waals surface area contributed by atoms with Gasteiger partial charge in [-0.15, -0.1) is 0 Å². The van der Waals surface area contributed by atoms with E-state index in [1.807, 2.05) is 13.8 Å². The monoisotopic (exact) mass is 243 g/mol. The van der Waals surface area contributed by atoms with Gasteiger partial charge in [-0.2, -0.15) is 0 Å². The predicted molar refractivity (Wildman–Crippen MR) is 68.4 cm³/mol. The second kappa shape index (κ2) is 8.06. The molecular formula is C12H25N3O2. The average molecular weight is 243 g/mol. The fourth-order valence-electron chi connectivity index (χ4n) is 1.38. The predicted octanol–water partition coefficient (Wildman–Crippen LogP) is 0.441. The summed E-state index contributed by atoms with van der Waals surface area (Å²) in [6, 6.07) is 0.0203. The molecule has 2 N–H and O–H groups in total.